The number of rotatable bonds is 8. The average Bonchev–Trinajstić information content (AvgIpc) is 2.59. The van der Waals surface area contributed by atoms with Crippen molar-refractivity contribution in [1.29, 1.82) is 0 Å². The minimum absolute atomic E-state index is 0.439. The molecule has 2 aromatic rings. The van der Waals surface area contributed by atoms with Crippen molar-refractivity contribution in [3.05, 3.63) is 72.8 Å². The molecule has 0 fully saturated rings. The molecule has 0 spiro atoms. The van der Waals surface area contributed by atoms with Gasteiger partial charge in [0.15, 0.2) is 6.29 Å². The Kier molecular flexibility index (Phi) is 6.60. The smallest absolute Gasteiger partial charge is 0.174 e. The molecule has 0 heterocycles. The highest BCUT2D eigenvalue weighted by Crippen LogP contribution is 2.31. The molecule has 0 aliphatic rings. The number of aliphatic hydroxyl groups excluding tert-OH is 1. The van der Waals surface area contributed by atoms with Gasteiger partial charge in [-0.3, -0.25) is 0 Å². The van der Waals surface area contributed by atoms with Crippen LogP contribution in [0, 0.1) is 0 Å². The van der Waals surface area contributed by atoms with Gasteiger partial charge in [0.25, 0.3) is 0 Å². The van der Waals surface area contributed by atoms with Gasteiger partial charge in [-0.25, -0.2) is 0 Å². The summed E-state index contributed by atoms with van der Waals surface area (Å²) in [6.45, 7) is 6.44. The maximum atomic E-state index is 9.60. The summed E-state index contributed by atoms with van der Waals surface area (Å²) in [4.78, 5) is 0. The van der Waals surface area contributed by atoms with Crippen LogP contribution in [-0.2, 0) is 4.74 Å². The molecule has 2 aromatic carbocycles. The van der Waals surface area contributed by atoms with Crippen LogP contribution >= 0.6 is 0 Å². The number of hydrogen-bond donors (Lipinski definition) is 1. The van der Waals surface area contributed by atoms with E-state index in [1.165, 1.54) is 0 Å². The molecule has 1 atom stereocenters. The highest BCUT2D eigenvalue weighted by molar-refractivity contribution is 5.72. The molecular formula is C20H22O3. The molecule has 2 rings (SSSR count). The summed E-state index contributed by atoms with van der Waals surface area (Å²) in [6.07, 6.45) is 4.25. The summed E-state index contributed by atoms with van der Waals surface area (Å²) in [6, 6.07) is 16.0. The third kappa shape index (κ3) is 5.09. The highest BCUT2D eigenvalue weighted by Gasteiger charge is 2.07. The first-order chi connectivity index (χ1) is 11.2. The molecule has 0 radical (unpaired) electrons. The van der Waals surface area contributed by atoms with Crippen molar-refractivity contribution in [2.24, 2.45) is 0 Å². The Labute approximate surface area is 137 Å². The highest BCUT2D eigenvalue weighted by atomic mass is 16.6. The molecule has 0 saturated carbocycles. The molecule has 0 amide bonds. The zero-order valence-corrected chi connectivity index (χ0v) is 13.3. The first-order valence-corrected chi connectivity index (χ1v) is 7.65. The molecule has 0 aromatic heterocycles. The average molecular weight is 310 g/mol. The maximum Gasteiger partial charge on any atom is 0.174 e. The van der Waals surface area contributed by atoms with Gasteiger partial charge in [0.2, 0.25) is 0 Å². The van der Waals surface area contributed by atoms with Crippen molar-refractivity contribution in [3.8, 4) is 16.9 Å². The molecule has 3 nitrogen and oxygen atoms in total. The fourth-order valence-corrected chi connectivity index (χ4v) is 2.19. The fraction of sp³-hybridized carbons (Fsp3) is 0.200. The van der Waals surface area contributed by atoms with Gasteiger partial charge in [-0.15, -0.1) is 0 Å². The largest absolute Gasteiger partial charge is 0.489 e. The van der Waals surface area contributed by atoms with E-state index >= 15 is 0 Å². The van der Waals surface area contributed by atoms with Crippen LogP contribution in [0.1, 0.15) is 12.5 Å². The predicted octanol–water partition coefficient (Wildman–Crippen LogP) is 4.29. The zero-order valence-electron chi connectivity index (χ0n) is 13.3. The summed E-state index contributed by atoms with van der Waals surface area (Å²) >= 11 is 0. The van der Waals surface area contributed by atoms with E-state index in [0.29, 0.717) is 13.2 Å². The van der Waals surface area contributed by atoms with E-state index in [2.05, 4.69) is 6.58 Å². The molecule has 3 heteroatoms. The third-order valence-electron chi connectivity index (χ3n) is 3.24. The van der Waals surface area contributed by atoms with Crippen LogP contribution in [0.5, 0.6) is 5.75 Å². The van der Waals surface area contributed by atoms with Gasteiger partial charge in [-0.1, -0.05) is 61.2 Å². The molecule has 120 valence electrons. The number of benzene rings is 2. The normalized spacial score (nSPS) is 12.3. The van der Waals surface area contributed by atoms with Gasteiger partial charge >= 0.3 is 0 Å². The number of aliphatic hydroxyl groups is 1. The minimum atomic E-state index is -0.897. The summed E-state index contributed by atoms with van der Waals surface area (Å²) in [7, 11) is 0. The Morgan fingerprint density at radius 1 is 1.17 bits per heavy atom. The summed E-state index contributed by atoms with van der Waals surface area (Å²) in [5.41, 5.74) is 3.05. The molecule has 0 aliphatic carbocycles. The lowest BCUT2D eigenvalue weighted by Crippen LogP contribution is -2.07. The summed E-state index contributed by atoms with van der Waals surface area (Å²) in [5.74, 6) is 0.782. The summed E-state index contributed by atoms with van der Waals surface area (Å²) < 4.78 is 10.9. The van der Waals surface area contributed by atoms with Crippen LogP contribution in [0.2, 0.25) is 0 Å². The molecule has 0 aliphatic heterocycles. The monoisotopic (exact) mass is 310 g/mol. The topological polar surface area (TPSA) is 38.7 Å². The first kappa shape index (κ1) is 17.0. The van der Waals surface area contributed by atoms with E-state index in [9.17, 15) is 5.11 Å². The van der Waals surface area contributed by atoms with Crippen molar-refractivity contribution >= 4 is 6.08 Å². The second-order valence-corrected chi connectivity index (χ2v) is 4.93. The van der Waals surface area contributed by atoms with Gasteiger partial charge < -0.3 is 14.6 Å². The van der Waals surface area contributed by atoms with Crippen LogP contribution < -0.4 is 4.74 Å². The second-order valence-electron chi connectivity index (χ2n) is 4.93. The van der Waals surface area contributed by atoms with E-state index in [-0.39, 0.29) is 0 Å². The van der Waals surface area contributed by atoms with E-state index < -0.39 is 6.29 Å². The van der Waals surface area contributed by atoms with Crippen molar-refractivity contribution in [3.63, 3.8) is 0 Å². The van der Waals surface area contributed by atoms with Crippen molar-refractivity contribution < 1.29 is 14.6 Å². The van der Waals surface area contributed by atoms with Crippen molar-refractivity contribution in [1.82, 2.24) is 0 Å². The second kappa shape index (κ2) is 8.93. The Morgan fingerprint density at radius 3 is 2.65 bits per heavy atom. The fourth-order valence-electron chi connectivity index (χ4n) is 2.19. The van der Waals surface area contributed by atoms with E-state index in [0.717, 1.165) is 22.4 Å². The van der Waals surface area contributed by atoms with E-state index in [1.807, 2.05) is 61.5 Å². The SMILES string of the molecule is C=CCOc1cc(/C=C/C(O)OCC)ccc1-c1ccccc1. The van der Waals surface area contributed by atoms with Crippen LogP contribution in [-0.4, -0.2) is 24.6 Å². The quantitative estimate of drug-likeness (QED) is 0.584. The molecule has 0 bridgehead atoms. The standard InChI is InChI=1S/C20H22O3/c1-3-14-23-19-15-16(11-13-20(21)22-4-2)10-12-18(19)17-8-6-5-7-9-17/h3,5-13,15,20-21H,1,4,14H2,2H3/b13-11+. The van der Waals surface area contributed by atoms with Gasteiger partial charge in [0, 0.05) is 12.2 Å². The molecule has 1 N–H and O–H groups in total. The first-order valence-electron chi connectivity index (χ1n) is 7.65. The van der Waals surface area contributed by atoms with Gasteiger partial charge in [0.05, 0.1) is 0 Å². The van der Waals surface area contributed by atoms with Crippen LogP contribution in [0.25, 0.3) is 17.2 Å². The van der Waals surface area contributed by atoms with E-state index in [1.54, 1.807) is 12.2 Å². The Bertz CT molecular complexity index is 647. The summed E-state index contributed by atoms with van der Waals surface area (Å²) in [5, 5.41) is 9.60. The lowest BCUT2D eigenvalue weighted by molar-refractivity contribution is -0.0581. The van der Waals surface area contributed by atoms with Crippen LogP contribution in [0.4, 0.5) is 0 Å². The van der Waals surface area contributed by atoms with Gasteiger partial charge in [0.1, 0.15) is 12.4 Å². The van der Waals surface area contributed by atoms with Gasteiger partial charge in [-0.2, -0.15) is 0 Å². The van der Waals surface area contributed by atoms with E-state index in [4.69, 9.17) is 9.47 Å². The lowest BCUT2D eigenvalue weighted by Gasteiger charge is -2.12. The predicted molar refractivity (Wildman–Crippen MR) is 94.2 cm³/mol. The number of ether oxygens (including phenoxy) is 2. The van der Waals surface area contributed by atoms with Crippen LogP contribution in [0.15, 0.2) is 67.3 Å². The van der Waals surface area contributed by atoms with Gasteiger partial charge in [-0.05, 0) is 30.2 Å². The lowest BCUT2D eigenvalue weighted by atomic mass is 10.0. The van der Waals surface area contributed by atoms with Crippen molar-refractivity contribution in [2.45, 2.75) is 13.2 Å². The van der Waals surface area contributed by atoms with Crippen molar-refractivity contribution in [2.75, 3.05) is 13.2 Å². The Balaban J connectivity index is 2.29. The molecule has 1 unspecified atom stereocenters. The van der Waals surface area contributed by atoms with Crippen LogP contribution in [0.3, 0.4) is 0 Å². The Hall–Kier alpha value is -2.36. The third-order valence-corrected chi connectivity index (χ3v) is 3.24. The molecule has 0 saturated heterocycles. The number of hydrogen-bond acceptors (Lipinski definition) is 3. The minimum Gasteiger partial charge on any atom is -0.489 e. The Morgan fingerprint density at radius 2 is 1.96 bits per heavy atom. The molecule has 23 heavy (non-hydrogen) atoms. The molecular weight excluding hydrogens is 288 g/mol. The zero-order chi connectivity index (χ0) is 16.5. The maximum absolute atomic E-state index is 9.60.